The van der Waals surface area contributed by atoms with E-state index in [4.69, 9.17) is 10.5 Å². The van der Waals surface area contributed by atoms with Gasteiger partial charge in [0.1, 0.15) is 5.82 Å². The van der Waals surface area contributed by atoms with Crippen LogP contribution < -0.4 is 18.1 Å². The minimum atomic E-state index is 0. The lowest BCUT2D eigenvalue weighted by atomic mass is 10.3. The van der Waals surface area contributed by atoms with Crippen molar-refractivity contribution in [2.75, 3.05) is 32.0 Å². The highest BCUT2D eigenvalue weighted by atomic mass is 35.5. The summed E-state index contributed by atoms with van der Waals surface area (Å²) in [6, 6.07) is 5.75. The molecular weight excluding hydrogens is 252 g/mol. The first-order valence-electron chi connectivity index (χ1n) is 5.85. The van der Waals surface area contributed by atoms with Crippen LogP contribution in [0.25, 0.3) is 11.0 Å². The maximum Gasteiger partial charge on any atom is 0.121 e. The predicted octanol–water partition coefficient (Wildman–Crippen LogP) is -2.02. The average molecular weight is 268 g/mol. The smallest absolute Gasteiger partial charge is 0.121 e. The summed E-state index contributed by atoms with van der Waals surface area (Å²) in [5, 5.41) is 0. The summed E-state index contributed by atoms with van der Waals surface area (Å²) in [6.07, 6.45) is 0. The van der Waals surface area contributed by atoms with E-state index in [-0.39, 0.29) is 12.4 Å². The van der Waals surface area contributed by atoms with Crippen LogP contribution >= 0.6 is 0 Å². The zero-order valence-electron chi connectivity index (χ0n) is 10.0. The largest absolute Gasteiger partial charge is 1.00 e. The molecule has 0 atom stereocenters. The van der Waals surface area contributed by atoms with Crippen molar-refractivity contribution < 1.29 is 17.1 Å². The number of nitrogens with one attached hydrogen (secondary N) is 1. The molecule has 98 valence electrons. The molecule has 1 fully saturated rings. The van der Waals surface area contributed by atoms with Crippen molar-refractivity contribution in [3.8, 4) is 0 Å². The van der Waals surface area contributed by atoms with E-state index >= 15 is 0 Å². The summed E-state index contributed by atoms with van der Waals surface area (Å²) in [5.74, 6) is 0.993. The highest BCUT2D eigenvalue weighted by molar-refractivity contribution is 5.78. The van der Waals surface area contributed by atoms with Crippen molar-refractivity contribution in [2.24, 2.45) is 0 Å². The van der Waals surface area contributed by atoms with E-state index in [2.05, 4.69) is 14.9 Å². The summed E-state index contributed by atoms with van der Waals surface area (Å²) in [4.78, 5) is 10.2. The summed E-state index contributed by atoms with van der Waals surface area (Å²) >= 11 is 0. The van der Waals surface area contributed by atoms with Crippen molar-refractivity contribution >= 4 is 16.7 Å². The van der Waals surface area contributed by atoms with E-state index in [1.165, 1.54) is 0 Å². The number of fused-ring (bicyclic) bond motifs is 1. The number of ether oxygens (including phenoxy) is 1. The van der Waals surface area contributed by atoms with Crippen molar-refractivity contribution in [3.63, 3.8) is 0 Å². The van der Waals surface area contributed by atoms with Crippen molar-refractivity contribution in [3.05, 3.63) is 24.0 Å². The van der Waals surface area contributed by atoms with Crippen LogP contribution in [0.5, 0.6) is 0 Å². The van der Waals surface area contributed by atoms with Gasteiger partial charge in [-0.3, -0.25) is 4.90 Å². The molecule has 3 rings (SSSR count). The topological polar surface area (TPSA) is 67.2 Å². The van der Waals surface area contributed by atoms with Gasteiger partial charge in [0.2, 0.25) is 0 Å². The van der Waals surface area contributed by atoms with Crippen molar-refractivity contribution in [1.82, 2.24) is 14.9 Å². The van der Waals surface area contributed by atoms with Crippen LogP contribution in [0.2, 0.25) is 0 Å². The maximum atomic E-state index is 5.74. The second-order valence-corrected chi connectivity index (χ2v) is 4.35. The quantitative estimate of drug-likeness (QED) is 0.617. The number of imidazole rings is 1. The third kappa shape index (κ3) is 2.75. The molecule has 0 radical (unpaired) electrons. The van der Waals surface area contributed by atoms with Gasteiger partial charge in [-0.2, -0.15) is 0 Å². The molecule has 1 aliphatic heterocycles. The van der Waals surface area contributed by atoms with E-state index in [9.17, 15) is 0 Å². The minimum absolute atomic E-state index is 0. The lowest BCUT2D eigenvalue weighted by molar-refractivity contribution is -0.00000606. The molecular formula is C12H16ClN4O-. The summed E-state index contributed by atoms with van der Waals surface area (Å²) in [5.41, 5.74) is 8.49. The van der Waals surface area contributed by atoms with Gasteiger partial charge >= 0.3 is 0 Å². The summed E-state index contributed by atoms with van der Waals surface area (Å²) < 4.78 is 5.32. The number of aromatic nitrogens is 2. The maximum absolute atomic E-state index is 5.74. The first-order chi connectivity index (χ1) is 8.31. The standard InChI is InChI=1S/C12H16N4O.ClH/c13-9-1-2-10-11(7-9)15-12(14-10)8-16-3-5-17-6-4-16;/h1-2,7H,3-6,8,13H2,(H,14,15);1H/p-1. The molecule has 2 aromatic rings. The van der Waals surface area contributed by atoms with E-state index in [1.54, 1.807) is 0 Å². The van der Waals surface area contributed by atoms with Gasteiger partial charge in [0, 0.05) is 18.8 Å². The Balaban J connectivity index is 0.00000120. The Labute approximate surface area is 112 Å². The fourth-order valence-electron chi connectivity index (χ4n) is 2.13. The second-order valence-electron chi connectivity index (χ2n) is 4.35. The number of nitrogen functional groups attached to an aromatic ring is 1. The molecule has 1 aromatic heterocycles. The number of rotatable bonds is 2. The van der Waals surface area contributed by atoms with E-state index in [1.807, 2.05) is 18.2 Å². The number of morpholine rings is 1. The van der Waals surface area contributed by atoms with Crippen LogP contribution in [0, 0.1) is 0 Å². The zero-order chi connectivity index (χ0) is 11.7. The van der Waals surface area contributed by atoms with Crippen LogP contribution in [0.4, 0.5) is 5.69 Å². The number of benzene rings is 1. The highest BCUT2D eigenvalue weighted by Crippen LogP contribution is 2.16. The molecule has 18 heavy (non-hydrogen) atoms. The lowest BCUT2D eigenvalue weighted by Crippen LogP contribution is -3.00. The molecule has 5 nitrogen and oxygen atoms in total. The normalized spacial score (nSPS) is 16.7. The van der Waals surface area contributed by atoms with Gasteiger partial charge in [0.15, 0.2) is 0 Å². The van der Waals surface area contributed by atoms with Crippen LogP contribution in [-0.4, -0.2) is 41.2 Å². The molecule has 0 spiro atoms. The van der Waals surface area contributed by atoms with Crippen LogP contribution in [0.15, 0.2) is 18.2 Å². The number of aromatic amines is 1. The van der Waals surface area contributed by atoms with Gasteiger partial charge in [-0.05, 0) is 18.2 Å². The van der Waals surface area contributed by atoms with Crippen LogP contribution in [0.3, 0.4) is 0 Å². The monoisotopic (exact) mass is 267 g/mol. The molecule has 0 aliphatic carbocycles. The number of hydrogen-bond acceptors (Lipinski definition) is 4. The highest BCUT2D eigenvalue weighted by Gasteiger charge is 2.12. The fraction of sp³-hybridized carbons (Fsp3) is 0.417. The van der Waals surface area contributed by atoms with E-state index in [0.717, 1.165) is 55.4 Å². The second kappa shape index (κ2) is 5.56. The SMILES string of the molecule is Nc1ccc2nc(CN3CCOCC3)[nH]c2c1.[Cl-]. The third-order valence-electron chi connectivity index (χ3n) is 3.03. The van der Waals surface area contributed by atoms with Crippen LogP contribution in [0.1, 0.15) is 5.82 Å². The first kappa shape index (κ1) is 13.1. The predicted molar refractivity (Wildman–Crippen MR) is 66.6 cm³/mol. The molecule has 2 heterocycles. The molecule has 1 aliphatic rings. The van der Waals surface area contributed by atoms with Gasteiger partial charge in [0.25, 0.3) is 0 Å². The van der Waals surface area contributed by atoms with Gasteiger partial charge < -0.3 is 27.9 Å². The summed E-state index contributed by atoms with van der Waals surface area (Å²) in [7, 11) is 0. The first-order valence-corrected chi connectivity index (χ1v) is 5.85. The third-order valence-corrected chi connectivity index (χ3v) is 3.03. The van der Waals surface area contributed by atoms with Crippen molar-refractivity contribution in [1.29, 1.82) is 0 Å². The molecule has 6 heteroatoms. The fourth-order valence-corrected chi connectivity index (χ4v) is 2.13. The van der Waals surface area contributed by atoms with Gasteiger partial charge in [-0.25, -0.2) is 4.98 Å². The molecule has 3 N–H and O–H groups in total. The van der Waals surface area contributed by atoms with Gasteiger partial charge in [0.05, 0.1) is 30.8 Å². The zero-order valence-corrected chi connectivity index (χ0v) is 10.8. The molecule has 0 saturated carbocycles. The number of anilines is 1. The Kier molecular flexibility index (Phi) is 4.06. The number of nitrogens with zero attached hydrogens (tertiary/aromatic N) is 2. The van der Waals surface area contributed by atoms with E-state index in [0.29, 0.717) is 0 Å². The summed E-state index contributed by atoms with van der Waals surface area (Å²) in [6.45, 7) is 4.41. The Morgan fingerprint density at radius 2 is 2.11 bits per heavy atom. The number of hydrogen-bond donors (Lipinski definition) is 2. The Bertz CT molecular complexity index is 522. The number of halogens is 1. The molecule has 0 amide bonds. The van der Waals surface area contributed by atoms with Gasteiger partial charge in [-0.15, -0.1) is 0 Å². The molecule has 0 bridgehead atoms. The minimum Gasteiger partial charge on any atom is -1.00 e. The van der Waals surface area contributed by atoms with Gasteiger partial charge in [-0.1, -0.05) is 0 Å². The van der Waals surface area contributed by atoms with Crippen LogP contribution in [-0.2, 0) is 11.3 Å². The Morgan fingerprint density at radius 1 is 1.33 bits per heavy atom. The molecule has 1 saturated heterocycles. The van der Waals surface area contributed by atoms with Crippen molar-refractivity contribution in [2.45, 2.75) is 6.54 Å². The lowest BCUT2D eigenvalue weighted by Gasteiger charge is -2.25. The average Bonchev–Trinajstić information content (AvgIpc) is 2.71. The molecule has 1 aromatic carbocycles. The molecule has 0 unspecified atom stereocenters. The number of H-pyrrole nitrogens is 1. The number of nitrogens with two attached hydrogens (primary N) is 1. The van der Waals surface area contributed by atoms with E-state index < -0.39 is 0 Å². The Hall–Kier alpha value is -1.30. The Morgan fingerprint density at radius 3 is 2.89 bits per heavy atom.